The summed E-state index contributed by atoms with van der Waals surface area (Å²) in [6.45, 7) is -0.596. The molecule has 1 heterocycles. The van der Waals surface area contributed by atoms with Crippen molar-refractivity contribution in [2.24, 2.45) is 0 Å². The number of carbonyl (C=O) groups is 2. The van der Waals surface area contributed by atoms with Crippen molar-refractivity contribution in [3.63, 3.8) is 0 Å². The van der Waals surface area contributed by atoms with Crippen molar-refractivity contribution in [2.75, 3.05) is 11.9 Å². The van der Waals surface area contributed by atoms with Gasteiger partial charge in [0.15, 0.2) is 6.61 Å². The molecule has 0 unspecified atom stereocenters. The average Bonchev–Trinajstić information content (AvgIpc) is 2.70. The molecule has 0 aliphatic rings. The smallest absolute Gasteiger partial charge is 0.416 e. The first-order valence-corrected chi connectivity index (χ1v) is 8.83. The number of carbonyl (C=O) groups excluding carboxylic acids is 2. The van der Waals surface area contributed by atoms with E-state index in [-0.39, 0.29) is 24.1 Å². The number of rotatable bonds is 6. The van der Waals surface area contributed by atoms with Crippen molar-refractivity contribution in [3.05, 3.63) is 70.3 Å². The van der Waals surface area contributed by atoms with Crippen LogP contribution in [0.1, 0.15) is 17.8 Å². The Hall–Kier alpha value is -3.69. The Kier molecular flexibility index (Phi) is 6.14. The molecule has 0 aliphatic carbocycles. The fraction of sp³-hybridized carbons (Fsp3) is 0.200. The number of para-hydroxylation sites is 1. The van der Waals surface area contributed by atoms with Crippen molar-refractivity contribution in [1.82, 2.24) is 9.97 Å². The predicted octanol–water partition coefficient (Wildman–Crippen LogP) is 3.06. The Bertz CT molecular complexity index is 1120. The van der Waals surface area contributed by atoms with Gasteiger partial charge < -0.3 is 15.0 Å². The molecule has 3 aromatic rings. The number of benzene rings is 2. The Labute approximate surface area is 167 Å². The summed E-state index contributed by atoms with van der Waals surface area (Å²) in [5, 5.41) is 2.77. The van der Waals surface area contributed by atoms with Gasteiger partial charge in [-0.15, -0.1) is 0 Å². The maximum absolute atomic E-state index is 12.5. The molecule has 0 atom stereocenters. The van der Waals surface area contributed by atoms with Crippen LogP contribution in [0, 0.1) is 0 Å². The summed E-state index contributed by atoms with van der Waals surface area (Å²) in [6, 6.07) is 10.6. The van der Waals surface area contributed by atoms with Gasteiger partial charge in [-0.05, 0) is 36.4 Å². The van der Waals surface area contributed by atoms with Gasteiger partial charge in [-0.25, -0.2) is 4.98 Å². The summed E-state index contributed by atoms with van der Waals surface area (Å²) in [4.78, 5) is 42.5. The van der Waals surface area contributed by atoms with E-state index in [9.17, 15) is 27.6 Å². The summed E-state index contributed by atoms with van der Waals surface area (Å²) in [7, 11) is 0. The monoisotopic (exact) mass is 419 g/mol. The van der Waals surface area contributed by atoms with Crippen LogP contribution in [0.15, 0.2) is 53.3 Å². The fourth-order valence-corrected chi connectivity index (χ4v) is 2.63. The largest absolute Gasteiger partial charge is 0.456 e. The van der Waals surface area contributed by atoms with Crippen LogP contribution in [0.4, 0.5) is 18.9 Å². The van der Waals surface area contributed by atoms with Crippen molar-refractivity contribution >= 4 is 28.5 Å². The summed E-state index contributed by atoms with van der Waals surface area (Å²) in [6.07, 6.45) is -4.48. The number of H-pyrrole nitrogens is 1. The van der Waals surface area contributed by atoms with Crippen LogP contribution >= 0.6 is 0 Å². The highest BCUT2D eigenvalue weighted by Crippen LogP contribution is 2.29. The minimum Gasteiger partial charge on any atom is -0.456 e. The number of nitrogens with zero attached hydrogens (tertiary/aromatic N) is 1. The number of anilines is 1. The van der Waals surface area contributed by atoms with Gasteiger partial charge in [0, 0.05) is 12.1 Å². The van der Waals surface area contributed by atoms with Crippen LogP contribution in [-0.4, -0.2) is 28.5 Å². The van der Waals surface area contributed by atoms with E-state index in [0.29, 0.717) is 16.7 Å². The van der Waals surface area contributed by atoms with Crippen LogP contribution in [0.2, 0.25) is 0 Å². The molecule has 30 heavy (non-hydrogen) atoms. The number of halogens is 3. The zero-order chi connectivity index (χ0) is 21.7. The van der Waals surface area contributed by atoms with Crippen LogP contribution < -0.4 is 10.9 Å². The van der Waals surface area contributed by atoms with Crippen LogP contribution in [-0.2, 0) is 26.9 Å². The highest BCUT2D eigenvalue weighted by atomic mass is 19.4. The van der Waals surface area contributed by atoms with Crippen molar-refractivity contribution in [2.45, 2.75) is 19.0 Å². The molecule has 0 aliphatic heterocycles. The third-order valence-corrected chi connectivity index (χ3v) is 4.09. The second-order valence-corrected chi connectivity index (χ2v) is 6.31. The lowest BCUT2D eigenvalue weighted by Crippen LogP contribution is -2.21. The number of alkyl halides is 3. The molecule has 1 aromatic heterocycles. The van der Waals surface area contributed by atoms with Gasteiger partial charge in [0.25, 0.3) is 11.5 Å². The highest BCUT2D eigenvalue weighted by Gasteiger charge is 2.30. The zero-order valence-corrected chi connectivity index (χ0v) is 15.5. The fourth-order valence-electron chi connectivity index (χ4n) is 2.63. The molecule has 2 aromatic carbocycles. The van der Waals surface area contributed by atoms with E-state index < -0.39 is 30.2 Å². The predicted molar refractivity (Wildman–Crippen MR) is 102 cm³/mol. The van der Waals surface area contributed by atoms with E-state index in [1.165, 1.54) is 0 Å². The Balaban J connectivity index is 1.47. The third-order valence-electron chi connectivity index (χ3n) is 4.09. The maximum Gasteiger partial charge on any atom is 0.416 e. The Morgan fingerprint density at radius 3 is 2.47 bits per heavy atom. The van der Waals surface area contributed by atoms with E-state index in [1.807, 2.05) is 0 Å². The number of aromatic amines is 1. The molecule has 3 rings (SSSR count). The minimum atomic E-state index is -4.47. The van der Waals surface area contributed by atoms with Gasteiger partial charge in [0.2, 0.25) is 0 Å². The number of amides is 1. The topological polar surface area (TPSA) is 101 Å². The van der Waals surface area contributed by atoms with Crippen molar-refractivity contribution in [1.29, 1.82) is 0 Å². The first-order valence-electron chi connectivity index (χ1n) is 8.83. The molecular formula is C20H16F3N3O4. The van der Waals surface area contributed by atoms with E-state index in [1.54, 1.807) is 24.3 Å². The molecule has 156 valence electrons. The summed E-state index contributed by atoms with van der Waals surface area (Å²) in [5.41, 5.74) is -0.519. The van der Waals surface area contributed by atoms with Gasteiger partial charge in [-0.2, -0.15) is 13.2 Å². The second-order valence-electron chi connectivity index (χ2n) is 6.31. The number of hydrogen-bond acceptors (Lipinski definition) is 5. The number of aryl methyl sites for hydroxylation is 1. The molecule has 0 saturated carbocycles. The zero-order valence-electron chi connectivity index (χ0n) is 15.5. The lowest BCUT2D eigenvalue weighted by Gasteiger charge is -2.09. The minimum absolute atomic E-state index is 0.111. The van der Waals surface area contributed by atoms with E-state index in [4.69, 9.17) is 4.74 Å². The lowest BCUT2D eigenvalue weighted by atomic mass is 10.2. The molecule has 0 saturated heterocycles. The van der Waals surface area contributed by atoms with Gasteiger partial charge >= 0.3 is 12.1 Å². The number of hydrogen-bond donors (Lipinski definition) is 2. The summed E-state index contributed by atoms with van der Waals surface area (Å²) < 4.78 is 42.4. The number of ether oxygens (including phenoxy) is 1. The van der Waals surface area contributed by atoms with Gasteiger partial charge in [0.1, 0.15) is 5.82 Å². The molecular weight excluding hydrogens is 403 g/mol. The molecule has 7 nitrogen and oxygen atoms in total. The number of esters is 1. The molecule has 0 radical (unpaired) electrons. The van der Waals surface area contributed by atoms with Crippen molar-refractivity contribution in [3.8, 4) is 0 Å². The van der Waals surface area contributed by atoms with Crippen molar-refractivity contribution < 1.29 is 27.5 Å². The van der Waals surface area contributed by atoms with Crippen LogP contribution in [0.25, 0.3) is 10.9 Å². The third kappa shape index (κ3) is 5.43. The summed E-state index contributed by atoms with van der Waals surface area (Å²) >= 11 is 0. The average molecular weight is 419 g/mol. The van der Waals surface area contributed by atoms with Gasteiger partial charge in [-0.1, -0.05) is 12.1 Å². The van der Waals surface area contributed by atoms with Gasteiger partial charge in [0.05, 0.1) is 22.9 Å². The SMILES string of the molecule is O=C(COC(=O)CCc1nc2ccccc2c(=O)[nH]1)Nc1ccc(C(F)(F)F)cc1. The Morgan fingerprint density at radius 1 is 1.07 bits per heavy atom. The highest BCUT2D eigenvalue weighted by molar-refractivity contribution is 5.92. The number of aromatic nitrogens is 2. The normalized spacial score (nSPS) is 11.3. The van der Waals surface area contributed by atoms with E-state index in [0.717, 1.165) is 24.3 Å². The van der Waals surface area contributed by atoms with Crippen LogP contribution in [0.3, 0.4) is 0 Å². The van der Waals surface area contributed by atoms with E-state index in [2.05, 4.69) is 15.3 Å². The maximum atomic E-state index is 12.5. The Morgan fingerprint density at radius 2 is 1.77 bits per heavy atom. The first-order chi connectivity index (χ1) is 14.2. The van der Waals surface area contributed by atoms with Crippen LogP contribution in [0.5, 0.6) is 0 Å². The summed E-state index contributed by atoms with van der Waals surface area (Å²) in [5.74, 6) is -1.07. The molecule has 10 heteroatoms. The first kappa shape index (κ1) is 21.0. The number of fused-ring (bicyclic) bond motifs is 1. The second kappa shape index (κ2) is 8.76. The molecule has 0 bridgehead atoms. The molecule has 0 spiro atoms. The van der Waals surface area contributed by atoms with Gasteiger partial charge in [-0.3, -0.25) is 14.4 Å². The quantitative estimate of drug-likeness (QED) is 0.598. The lowest BCUT2D eigenvalue weighted by molar-refractivity contribution is -0.147. The standard InChI is InChI=1S/C20H16F3N3O4/c21-20(22,23)12-5-7-13(8-6-12)24-17(27)11-30-18(28)10-9-16-25-15-4-2-1-3-14(15)19(29)26-16/h1-8H,9-11H2,(H,24,27)(H,25,26,29). The number of nitrogens with one attached hydrogen (secondary N) is 2. The molecule has 0 fully saturated rings. The van der Waals surface area contributed by atoms with E-state index >= 15 is 0 Å². The molecule has 2 N–H and O–H groups in total. The molecule has 1 amide bonds.